The molecule has 0 aromatic carbocycles. The molecular weight excluding hydrogens is 168 g/mol. The number of aromatic amines is 1. The minimum atomic E-state index is 0.0844. The number of hydrogen-bond acceptors (Lipinski definition) is 2. The Balaban J connectivity index is 2.98. The standard InChI is InChI=1S/C9H14N2S/c1-4-8(12)7-5-10-11-9(7)6(2)3/h4-6,8,12H,1H2,2-3H3,(H,10,11). The molecule has 0 saturated carbocycles. The molecule has 0 radical (unpaired) electrons. The number of hydrogen-bond donors (Lipinski definition) is 2. The minimum absolute atomic E-state index is 0.0844. The van der Waals surface area contributed by atoms with Gasteiger partial charge in [-0.25, -0.2) is 0 Å². The Morgan fingerprint density at radius 3 is 2.83 bits per heavy atom. The summed E-state index contributed by atoms with van der Waals surface area (Å²) in [6.07, 6.45) is 3.62. The Bertz CT molecular complexity index is 265. The maximum Gasteiger partial charge on any atom is 0.0536 e. The summed E-state index contributed by atoms with van der Waals surface area (Å²) in [6, 6.07) is 0. The lowest BCUT2D eigenvalue weighted by atomic mass is 10.0. The van der Waals surface area contributed by atoms with Gasteiger partial charge in [0.2, 0.25) is 0 Å². The van der Waals surface area contributed by atoms with Crippen LogP contribution in [0.3, 0.4) is 0 Å². The van der Waals surface area contributed by atoms with Crippen molar-refractivity contribution in [3.05, 3.63) is 30.1 Å². The van der Waals surface area contributed by atoms with Gasteiger partial charge in [-0.2, -0.15) is 17.7 Å². The lowest BCUT2D eigenvalue weighted by molar-refractivity contribution is 0.800. The number of aromatic nitrogens is 2. The molecular formula is C9H14N2S. The van der Waals surface area contributed by atoms with Gasteiger partial charge in [0.05, 0.1) is 6.20 Å². The maximum absolute atomic E-state index is 4.37. The molecule has 3 heteroatoms. The van der Waals surface area contributed by atoms with E-state index in [2.05, 4.69) is 43.3 Å². The van der Waals surface area contributed by atoms with Crippen molar-refractivity contribution in [1.29, 1.82) is 0 Å². The minimum Gasteiger partial charge on any atom is -0.282 e. The van der Waals surface area contributed by atoms with Crippen LogP contribution in [-0.2, 0) is 0 Å². The molecule has 1 unspecified atom stereocenters. The van der Waals surface area contributed by atoms with Gasteiger partial charge in [0, 0.05) is 16.5 Å². The molecule has 0 aliphatic heterocycles. The van der Waals surface area contributed by atoms with Crippen LogP contribution in [0.4, 0.5) is 0 Å². The Kier molecular flexibility index (Phi) is 2.98. The highest BCUT2D eigenvalue weighted by Crippen LogP contribution is 2.27. The van der Waals surface area contributed by atoms with Crippen molar-refractivity contribution in [1.82, 2.24) is 10.2 Å². The van der Waals surface area contributed by atoms with Crippen LogP contribution >= 0.6 is 12.6 Å². The largest absolute Gasteiger partial charge is 0.282 e. The van der Waals surface area contributed by atoms with Gasteiger partial charge in [-0.3, -0.25) is 5.10 Å². The van der Waals surface area contributed by atoms with E-state index in [0.717, 1.165) is 11.3 Å². The summed E-state index contributed by atoms with van der Waals surface area (Å²) in [5.74, 6) is 0.456. The molecule has 66 valence electrons. The summed E-state index contributed by atoms with van der Waals surface area (Å²) in [6.45, 7) is 7.95. The van der Waals surface area contributed by atoms with Gasteiger partial charge in [0.25, 0.3) is 0 Å². The second-order valence-electron chi connectivity index (χ2n) is 3.07. The Hall–Kier alpha value is -0.700. The lowest BCUT2D eigenvalue weighted by Crippen LogP contribution is -1.94. The molecule has 1 heterocycles. The van der Waals surface area contributed by atoms with Crippen LogP contribution in [0.15, 0.2) is 18.9 Å². The van der Waals surface area contributed by atoms with Gasteiger partial charge in [0.1, 0.15) is 0 Å². The SMILES string of the molecule is C=CC(S)c1cn[nH]c1C(C)C. The second kappa shape index (κ2) is 3.81. The third-order valence-corrected chi connectivity index (χ3v) is 2.31. The van der Waals surface area contributed by atoms with Crippen molar-refractivity contribution in [2.45, 2.75) is 25.0 Å². The van der Waals surface area contributed by atoms with E-state index < -0.39 is 0 Å². The molecule has 1 rings (SSSR count). The van der Waals surface area contributed by atoms with Crippen molar-refractivity contribution in [2.24, 2.45) is 0 Å². The molecule has 1 N–H and O–H groups in total. The Morgan fingerprint density at radius 1 is 1.67 bits per heavy atom. The first-order valence-electron chi connectivity index (χ1n) is 4.00. The van der Waals surface area contributed by atoms with Crippen LogP contribution < -0.4 is 0 Å². The van der Waals surface area contributed by atoms with Crippen LogP contribution in [0.5, 0.6) is 0 Å². The molecule has 1 aromatic heterocycles. The molecule has 1 atom stereocenters. The van der Waals surface area contributed by atoms with E-state index in [9.17, 15) is 0 Å². The van der Waals surface area contributed by atoms with Crippen LogP contribution in [0.1, 0.15) is 36.3 Å². The first-order valence-corrected chi connectivity index (χ1v) is 4.52. The molecule has 0 bridgehead atoms. The first kappa shape index (κ1) is 9.39. The van der Waals surface area contributed by atoms with Crippen LogP contribution in [0.2, 0.25) is 0 Å². The van der Waals surface area contributed by atoms with Crippen LogP contribution in [-0.4, -0.2) is 10.2 Å². The highest BCUT2D eigenvalue weighted by atomic mass is 32.1. The zero-order valence-electron chi connectivity index (χ0n) is 7.41. The molecule has 0 aliphatic rings. The number of nitrogens with one attached hydrogen (secondary N) is 1. The quantitative estimate of drug-likeness (QED) is 0.546. The van der Waals surface area contributed by atoms with E-state index in [-0.39, 0.29) is 5.25 Å². The number of nitrogens with zero attached hydrogens (tertiary/aromatic N) is 1. The zero-order valence-corrected chi connectivity index (χ0v) is 8.31. The van der Waals surface area contributed by atoms with Crippen molar-refractivity contribution < 1.29 is 0 Å². The second-order valence-corrected chi connectivity index (χ2v) is 3.63. The summed E-state index contributed by atoms with van der Waals surface area (Å²) in [7, 11) is 0. The molecule has 2 nitrogen and oxygen atoms in total. The summed E-state index contributed by atoms with van der Waals surface area (Å²) in [5.41, 5.74) is 2.28. The third kappa shape index (κ3) is 1.72. The Morgan fingerprint density at radius 2 is 2.33 bits per heavy atom. The van der Waals surface area contributed by atoms with Crippen molar-refractivity contribution in [2.75, 3.05) is 0 Å². The predicted octanol–water partition coefficient (Wildman–Crippen LogP) is 2.69. The highest BCUT2D eigenvalue weighted by Gasteiger charge is 2.12. The first-order chi connectivity index (χ1) is 5.66. The average molecular weight is 182 g/mol. The highest BCUT2D eigenvalue weighted by molar-refractivity contribution is 7.80. The van der Waals surface area contributed by atoms with Gasteiger partial charge in [-0.1, -0.05) is 19.9 Å². The molecule has 12 heavy (non-hydrogen) atoms. The van der Waals surface area contributed by atoms with Gasteiger partial charge in [0.15, 0.2) is 0 Å². The fourth-order valence-electron chi connectivity index (χ4n) is 1.13. The summed E-state index contributed by atoms with van der Waals surface area (Å²) in [4.78, 5) is 0. The molecule has 0 fully saturated rings. The van der Waals surface area contributed by atoms with Crippen LogP contribution in [0, 0.1) is 0 Å². The van der Waals surface area contributed by atoms with E-state index in [4.69, 9.17) is 0 Å². The molecule has 0 aliphatic carbocycles. The van der Waals surface area contributed by atoms with E-state index in [1.807, 2.05) is 6.20 Å². The predicted molar refractivity (Wildman–Crippen MR) is 54.6 cm³/mol. The van der Waals surface area contributed by atoms with Gasteiger partial charge in [-0.05, 0) is 5.92 Å². The van der Waals surface area contributed by atoms with E-state index in [1.165, 1.54) is 0 Å². The van der Waals surface area contributed by atoms with Gasteiger partial charge in [-0.15, -0.1) is 6.58 Å². The van der Waals surface area contributed by atoms with Crippen molar-refractivity contribution in [3.63, 3.8) is 0 Å². The number of H-pyrrole nitrogens is 1. The fourth-order valence-corrected chi connectivity index (χ4v) is 1.34. The van der Waals surface area contributed by atoms with Crippen LogP contribution in [0.25, 0.3) is 0 Å². The fraction of sp³-hybridized carbons (Fsp3) is 0.444. The van der Waals surface area contributed by atoms with Crippen molar-refractivity contribution >= 4 is 12.6 Å². The van der Waals surface area contributed by atoms with Gasteiger partial charge >= 0.3 is 0 Å². The zero-order chi connectivity index (χ0) is 9.14. The summed E-state index contributed by atoms with van der Waals surface area (Å²) >= 11 is 4.37. The molecule has 0 saturated heterocycles. The van der Waals surface area contributed by atoms with E-state index in [1.54, 1.807) is 6.08 Å². The van der Waals surface area contributed by atoms with Gasteiger partial charge < -0.3 is 0 Å². The van der Waals surface area contributed by atoms with E-state index >= 15 is 0 Å². The van der Waals surface area contributed by atoms with Crippen molar-refractivity contribution in [3.8, 4) is 0 Å². The summed E-state index contributed by atoms with van der Waals surface area (Å²) < 4.78 is 0. The lowest BCUT2D eigenvalue weighted by Gasteiger charge is -2.08. The molecule has 1 aromatic rings. The number of rotatable bonds is 3. The number of thiol groups is 1. The smallest absolute Gasteiger partial charge is 0.0536 e. The monoisotopic (exact) mass is 182 g/mol. The Labute approximate surface area is 78.5 Å². The molecule has 0 spiro atoms. The average Bonchev–Trinajstić information content (AvgIpc) is 2.50. The van der Waals surface area contributed by atoms with E-state index in [0.29, 0.717) is 5.92 Å². The topological polar surface area (TPSA) is 28.7 Å². The summed E-state index contributed by atoms with van der Waals surface area (Å²) in [5, 5.41) is 7.05. The molecule has 0 amide bonds. The maximum atomic E-state index is 4.37. The third-order valence-electron chi connectivity index (χ3n) is 1.82. The normalized spacial score (nSPS) is 13.3.